The van der Waals surface area contributed by atoms with E-state index in [4.69, 9.17) is 5.10 Å². The highest BCUT2D eigenvalue weighted by Crippen LogP contribution is 2.44. The summed E-state index contributed by atoms with van der Waals surface area (Å²) < 4.78 is 27.0. The van der Waals surface area contributed by atoms with E-state index >= 15 is 0 Å². The first-order chi connectivity index (χ1) is 25.7. The summed E-state index contributed by atoms with van der Waals surface area (Å²) >= 11 is 1.17. The molecule has 8 aromatic rings. The van der Waals surface area contributed by atoms with Crippen LogP contribution >= 0.6 is 11.3 Å². The third-order valence-electron chi connectivity index (χ3n) is 9.17. The molecule has 5 aromatic carbocycles. The van der Waals surface area contributed by atoms with Crippen LogP contribution in [-0.2, 0) is 15.4 Å². The van der Waals surface area contributed by atoms with Crippen LogP contribution in [0.3, 0.4) is 0 Å². The lowest BCUT2D eigenvalue weighted by Crippen LogP contribution is -2.38. The van der Waals surface area contributed by atoms with Crippen molar-refractivity contribution in [2.45, 2.75) is 9.75 Å². The highest BCUT2D eigenvalue weighted by molar-refractivity contribution is 7.92. The summed E-state index contributed by atoms with van der Waals surface area (Å²) in [5.74, 6) is 0. The molecule has 0 aliphatic heterocycles. The number of hydrogen-bond acceptors (Lipinski definition) is 7. The lowest BCUT2D eigenvalue weighted by molar-refractivity contribution is 0.209. The van der Waals surface area contributed by atoms with Crippen molar-refractivity contribution < 1.29 is 18.3 Å². The van der Waals surface area contributed by atoms with Crippen LogP contribution in [0.2, 0.25) is 0 Å². The van der Waals surface area contributed by atoms with Gasteiger partial charge in [0, 0.05) is 34.7 Å². The molecule has 0 fully saturated rings. The van der Waals surface area contributed by atoms with E-state index in [1.165, 1.54) is 23.9 Å². The minimum Gasteiger partial charge on any atom is -0.465 e. The fraction of sp³-hybridized carbons (Fsp3) is 0.0476. The van der Waals surface area contributed by atoms with Crippen molar-refractivity contribution in [1.82, 2.24) is 19.7 Å². The van der Waals surface area contributed by atoms with Crippen LogP contribution in [0.4, 0.5) is 10.5 Å². The second kappa shape index (κ2) is 13.6. The first kappa shape index (κ1) is 33.7. The molecule has 8 rings (SSSR count). The Morgan fingerprint density at radius 2 is 1.30 bits per heavy atom. The fourth-order valence-corrected chi connectivity index (χ4v) is 8.75. The molecule has 0 radical (unpaired) electrons. The average Bonchev–Trinajstić information content (AvgIpc) is 3.86. The van der Waals surface area contributed by atoms with Gasteiger partial charge >= 0.3 is 6.09 Å². The maximum atomic E-state index is 12.4. The number of sulfone groups is 1. The highest BCUT2D eigenvalue weighted by Gasteiger charge is 2.40. The number of carboxylic acid groups (broad SMARTS) is 1. The lowest BCUT2D eigenvalue weighted by Gasteiger charge is -2.36. The van der Waals surface area contributed by atoms with Crippen LogP contribution in [0.1, 0.15) is 16.7 Å². The Bertz CT molecular complexity index is 2600. The number of rotatable bonds is 9. The van der Waals surface area contributed by atoms with Gasteiger partial charge in [0.25, 0.3) is 0 Å². The van der Waals surface area contributed by atoms with Crippen molar-refractivity contribution in [1.29, 1.82) is 0 Å². The summed E-state index contributed by atoms with van der Waals surface area (Å²) in [5.41, 5.74) is 7.00. The summed E-state index contributed by atoms with van der Waals surface area (Å²) in [7, 11) is -3.39. The number of fused-ring (bicyclic) bond motifs is 1. The predicted molar refractivity (Wildman–Crippen MR) is 209 cm³/mol. The van der Waals surface area contributed by atoms with Gasteiger partial charge in [-0.15, -0.1) is 11.3 Å². The number of amides is 1. The molecule has 260 valence electrons. The number of nitrogens with zero attached hydrogens (tertiary/aromatic N) is 4. The molecule has 0 saturated carbocycles. The Labute approximate surface area is 309 Å². The standard InChI is InChI=1S/C42H31N5O4S2/c1-53(50,51)38-24-23-37(52-38)40-34-25-29(19-22-36(34)43-27-44-40)35-26-47(46-39(35)28-17-20-33(21-18-28)45-41(48)49)42(30-11-5-2-6-12-30,31-13-7-3-8-14-31)32-15-9-4-10-16-32/h2-27,45H,1H3,(H,48,49). The first-order valence-corrected chi connectivity index (χ1v) is 19.3. The number of aromatic nitrogens is 4. The molecule has 0 bridgehead atoms. The van der Waals surface area contributed by atoms with Gasteiger partial charge in [0.1, 0.15) is 21.8 Å². The number of benzene rings is 5. The van der Waals surface area contributed by atoms with Gasteiger partial charge in [-0.3, -0.25) is 10.00 Å². The number of nitrogens with one attached hydrogen (secondary N) is 1. The molecule has 53 heavy (non-hydrogen) atoms. The smallest absolute Gasteiger partial charge is 0.409 e. The van der Waals surface area contributed by atoms with Crippen LogP contribution in [0.15, 0.2) is 162 Å². The van der Waals surface area contributed by atoms with Gasteiger partial charge in [-0.05, 0) is 58.7 Å². The SMILES string of the molecule is CS(=O)(=O)c1ccc(-c2ncnc3ccc(-c4cn(C(c5ccccc5)(c5ccccc5)c5ccccc5)nc4-c4ccc(NC(=O)O)cc4)cc23)s1. The van der Waals surface area contributed by atoms with Crippen LogP contribution in [0.25, 0.3) is 43.9 Å². The van der Waals surface area contributed by atoms with Gasteiger partial charge in [0.15, 0.2) is 9.84 Å². The van der Waals surface area contributed by atoms with Crippen molar-refractivity contribution in [2.24, 2.45) is 0 Å². The summed E-state index contributed by atoms with van der Waals surface area (Å²) in [4.78, 5) is 21.3. The molecule has 0 atom stereocenters. The van der Waals surface area contributed by atoms with E-state index < -0.39 is 21.5 Å². The molecule has 0 saturated heterocycles. The fourth-order valence-electron chi connectivity index (χ4n) is 6.81. The zero-order chi connectivity index (χ0) is 36.6. The Balaban J connectivity index is 1.41. The second-order valence-electron chi connectivity index (χ2n) is 12.5. The van der Waals surface area contributed by atoms with E-state index in [-0.39, 0.29) is 4.21 Å². The third-order valence-corrected chi connectivity index (χ3v) is 12.1. The molecule has 0 spiro atoms. The van der Waals surface area contributed by atoms with Crippen LogP contribution in [0.5, 0.6) is 0 Å². The van der Waals surface area contributed by atoms with Crippen molar-refractivity contribution >= 4 is 43.9 Å². The zero-order valence-electron chi connectivity index (χ0n) is 28.3. The number of anilines is 1. The molecule has 3 heterocycles. The van der Waals surface area contributed by atoms with Crippen LogP contribution in [-0.4, -0.2) is 45.6 Å². The molecule has 3 aromatic heterocycles. The Hall–Kier alpha value is -6.43. The van der Waals surface area contributed by atoms with E-state index in [1.54, 1.807) is 24.3 Å². The largest absolute Gasteiger partial charge is 0.465 e. The van der Waals surface area contributed by atoms with Gasteiger partial charge in [-0.25, -0.2) is 23.2 Å². The molecule has 0 unspecified atom stereocenters. The number of hydrogen-bond donors (Lipinski definition) is 2. The lowest BCUT2D eigenvalue weighted by atomic mass is 9.77. The molecule has 0 aliphatic rings. The van der Waals surface area contributed by atoms with Crippen LogP contribution in [0, 0.1) is 0 Å². The minimum atomic E-state index is -3.39. The maximum absolute atomic E-state index is 12.4. The maximum Gasteiger partial charge on any atom is 0.409 e. The number of thiophene rings is 1. The normalized spacial score (nSPS) is 11.8. The van der Waals surface area contributed by atoms with E-state index in [9.17, 15) is 18.3 Å². The van der Waals surface area contributed by atoms with E-state index in [0.29, 0.717) is 27.5 Å². The van der Waals surface area contributed by atoms with Gasteiger partial charge in [-0.2, -0.15) is 5.10 Å². The van der Waals surface area contributed by atoms with E-state index in [1.807, 2.05) is 89.6 Å². The highest BCUT2D eigenvalue weighted by atomic mass is 32.2. The Morgan fingerprint density at radius 1 is 0.717 bits per heavy atom. The molecular formula is C42H31N5O4S2. The van der Waals surface area contributed by atoms with Crippen molar-refractivity contribution in [2.75, 3.05) is 11.6 Å². The zero-order valence-corrected chi connectivity index (χ0v) is 29.9. The van der Waals surface area contributed by atoms with Gasteiger partial charge in [-0.1, -0.05) is 109 Å². The molecule has 2 N–H and O–H groups in total. The molecule has 9 nitrogen and oxygen atoms in total. The van der Waals surface area contributed by atoms with E-state index in [2.05, 4.69) is 57.9 Å². The monoisotopic (exact) mass is 733 g/mol. The van der Waals surface area contributed by atoms with Crippen molar-refractivity contribution in [3.05, 3.63) is 175 Å². The Kier molecular flexibility index (Phi) is 8.65. The summed E-state index contributed by atoms with van der Waals surface area (Å²) in [6.45, 7) is 0. The van der Waals surface area contributed by atoms with Gasteiger partial charge in [0.2, 0.25) is 0 Å². The molecule has 1 amide bonds. The predicted octanol–water partition coefficient (Wildman–Crippen LogP) is 9.22. The third kappa shape index (κ3) is 6.26. The van der Waals surface area contributed by atoms with Crippen molar-refractivity contribution in [3.8, 4) is 33.0 Å². The topological polar surface area (TPSA) is 127 Å². The summed E-state index contributed by atoms with van der Waals surface area (Å²) in [6.07, 6.45) is 3.59. The van der Waals surface area contributed by atoms with Crippen molar-refractivity contribution in [3.63, 3.8) is 0 Å². The van der Waals surface area contributed by atoms with E-state index in [0.717, 1.165) is 38.8 Å². The number of carbonyl (C=O) groups is 1. The Morgan fingerprint density at radius 3 is 1.85 bits per heavy atom. The summed E-state index contributed by atoms with van der Waals surface area (Å²) in [5, 5.41) is 17.9. The summed E-state index contributed by atoms with van der Waals surface area (Å²) in [6, 6.07) is 47.3. The minimum absolute atomic E-state index is 0.263. The average molecular weight is 734 g/mol. The van der Waals surface area contributed by atoms with Gasteiger partial charge in [0.05, 0.1) is 16.1 Å². The molecule has 11 heteroatoms. The molecule has 0 aliphatic carbocycles. The molecular weight excluding hydrogens is 703 g/mol. The second-order valence-corrected chi connectivity index (χ2v) is 15.8. The van der Waals surface area contributed by atoms with Crippen LogP contribution < -0.4 is 5.32 Å². The first-order valence-electron chi connectivity index (χ1n) is 16.6. The van der Waals surface area contributed by atoms with Gasteiger partial charge < -0.3 is 5.11 Å². The quantitative estimate of drug-likeness (QED) is 0.142.